The number of amides is 2. The van der Waals surface area contributed by atoms with Crippen LogP contribution in [0.25, 0.3) is 22.2 Å². The first-order chi connectivity index (χ1) is 13.6. The number of aromatic nitrogens is 2. The molecule has 1 aliphatic heterocycles. The van der Waals surface area contributed by atoms with E-state index in [2.05, 4.69) is 15.5 Å². The fourth-order valence-corrected chi connectivity index (χ4v) is 3.49. The van der Waals surface area contributed by atoms with Gasteiger partial charge in [0.25, 0.3) is 5.91 Å². The van der Waals surface area contributed by atoms with Crippen LogP contribution in [0.5, 0.6) is 0 Å². The summed E-state index contributed by atoms with van der Waals surface area (Å²) in [5, 5.41) is 10.8. The predicted molar refractivity (Wildman–Crippen MR) is 104 cm³/mol. The highest BCUT2D eigenvalue weighted by atomic mass is 19.1. The molecule has 6 nitrogen and oxygen atoms in total. The van der Waals surface area contributed by atoms with E-state index in [1.54, 1.807) is 30.3 Å². The van der Waals surface area contributed by atoms with Gasteiger partial charge in [0.15, 0.2) is 0 Å². The van der Waals surface area contributed by atoms with E-state index >= 15 is 0 Å². The van der Waals surface area contributed by atoms with E-state index in [0.717, 1.165) is 42.4 Å². The molecule has 0 unspecified atom stereocenters. The molecule has 7 heteroatoms. The van der Waals surface area contributed by atoms with Crippen LogP contribution in [0, 0.1) is 5.82 Å². The van der Waals surface area contributed by atoms with Gasteiger partial charge in [-0.3, -0.25) is 14.7 Å². The van der Waals surface area contributed by atoms with E-state index in [4.69, 9.17) is 0 Å². The van der Waals surface area contributed by atoms with Crippen LogP contribution >= 0.6 is 0 Å². The van der Waals surface area contributed by atoms with Crippen LogP contribution < -0.4 is 5.32 Å². The van der Waals surface area contributed by atoms with Crippen LogP contribution in [-0.4, -0.2) is 46.5 Å². The number of benzene rings is 2. The molecule has 4 rings (SSSR count). The van der Waals surface area contributed by atoms with Crippen LogP contribution in [-0.2, 0) is 4.79 Å². The lowest BCUT2D eigenvalue weighted by Gasteiger charge is -2.15. The Hall–Kier alpha value is -3.22. The lowest BCUT2D eigenvalue weighted by atomic mass is 10.1. The number of H-pyrrole nitrogens is 1. The fourth-order valence-electron chi connectivity index (χ4n) is 3.49. The number of nitrogens with one attached hydrogen (secondary N) is 2. The number of likely N-dealkylation sites (tertiary alicyclic amines) is 1. The minimum atomic E-state index is -0.313. The molecule has 3 aromatic rings. The third kappa shape index (κ3) is 3.74. The first-order valence-corrected chi connectivity index (χ1v) is 9.42. The Morgan fingerprint density at radius 3 is 2.61 bits per heavy atom. The van der Waals surface area contributed by atoms with Gasteiger partial charge in [0, 0.05) is 42.6 Å². The summed E-state index contributed by atoms with van der Waals surface area (Å²) in [6.45, 7) is 1.94. The topological polar surface area (TPSA) is 78.1 Å². The molecule has 2 heterocycles. The molecule has 1 aliphatic rings. The number of fused-ring (bicyclic) bond motifs is 1. The molecular weight excluding hydrogens is 359 g/mol. The second-order valence-corrected chi connectivity index (χ2v) is 6.93. The first kappa shape index (κ1) is 18.2. The van der Waals surface area contributed by atoms with Gasteiger partial charge in [-0.25, -0.2) is 4.39 Å². The fraction of sp³-hybridized carbons (Fsp3) is 0.286. The number of carbonyl (C=O) groups excluding carboxylic acids is 2. The summed E-state index contributed by atoms with van der Waals surface area (Å²) in [7, 11) is 0. The summed E-state index contributed by atoms with van der Waals surface area (Å²) in [5.74, 6) is -0.462. The van der Waals surface area contributed by atoms with Gasteiger partial charge in [-0.2, -0.15) is 5.10 Å². The number of rotatable bonds is 5. The smallest absolute Gasteiger partial charge is 0.251 e. The number of nitrogens with zero attached hydrogens (tertiary/aromatic N) is 2. The molecular formula is C21H21FN4O2. The summed E-state index contributed by atoms with van der Waals surface area (Å²) in [5.41, 5.74) is 2.71. The maximum Gasteiger partial charge on any atom is 0.251 e. The van der Waals surface area contributed by atoms with Crippen molar-refractivity contribution in [3.8, 4) is 11.3 Å². The van der Waals surface area contributed by atoms with Crippen LogP contribution in [0.2, 0.25) is 0 Å². The van der Waals surface area contributed by atoms with Gasteiger partial charge in [0.2, 0.25) is 5.91 Å². The van der Waals surface area contributed by atoms with Crippen molar-refractivity contribution in [2.24, 2.45) is 0 Å². The molecule has 2 aromatic carbocycles. The maximum absolute atomic E-state index is 13.2. The lowest BCUT2D eigenvalue weighted by Crippen LogP contribution is -2.32. The maximum atomic E-state index is 13.2. The van der Waals surface area contributed by atoms with Crippen molar-refractivity contribution in [1.29, 1.82) is 0 Å². The third-order valence-electron chi connectivity index (χ3n) is 5.03. The molecule has 0 saturated carbocycles. The van der Waals surface area contributed by atoms with E-state index < -0.39 is 0 Å². The second-order valence-electron chi connectivity index (χ2n) is 6.93. The molecule has 2 amide bonds. The highest BCUT2D eigenvalue weighted by Crippen LogP contribution is 2.27. The van der Waals surface area contributed by atoms with E-state index in [1.807, 2.05) is 4.90 Å². The molecule has 1 aromatic heterocycles. The summed E-state index contributed by atoms with van der Waals surface area (Å²) in [4.78, 5) is 26.4. The summed E-state index contributed by atoms with van der Waals surface area (Å²) in [6, 6.07) is 11.3. The Labute approximate surface area is 161 Å². The van der Waals surface area contributed by atoms with Gasteiger partial charge in [-0.05, 0) is 55.3 Å². The van der Waals surface area contributed by atoms with Crippen molar-refractivity contribution in [2.45, 2.75) is 19.3 Å². The minimum absolute atomic E-state index is 0.0849. The van der Waals surface area contributed by atoms with E-state index in [-0.39, 0.29) is 17.6 Å². The quantitative estimate of drug-likeness (QED) is 0.714. The monoisotopic (exact) mass is 380 g/mol. The SMILES string of the molecule is O=C(NCCC(=O)N1CCCC1)c1ccc2[nH]nc(-c3ccc(F)cc3)c2c1. The average Bonchev–Trinajstić information content (AvgIpc) is 3.38. The lowest BCUT2D eigenvalue weighted by molar-refractivity contribution is -0.129. The number of hydrogen-bond donors (Lipinski definition) is 2. The Morgan fingerprint density at radius 2 is 1.86 bits per heavy atom. The first-order valence-electron chi connectivity index (χ1n) is 9.42. The van der Waals surface area contributed by atoms with Crippen molar-refractivity contribution in [2.75, 3.05) is 19.6 Å². The zero-order valence-corrected chi connectivity index (χ0v) is 15.4. The molecule has 0 radical (unpaired) electrons. The van der Waals surface area contributed by atoms with Gasteiger partial charge in [-0.1, -0.05) is 0 Å². The van der Waals surface area contributed by atoms with Gasteiger partial charge in [0.05, 0.1) is 11.2 Å². The standard InChI is InChI=1S/C21H21FN4O2/c22-16-6-3-14(4-7-16)20-17-13-15(5-8-18(17)24-25-20)21(28)23-10-9-19(27)26-11-1-2-12-26/h3-8,13H,1-2,9-12H2,(H,23,28)(H,24,25). The summed E-state index contributed by atoms with van der Waals surface area (Å²) < 4.78 is 13.2. The molecule has 0 atom stereocenters. The number of hydrogen-bond acceptors (Lipinski definition) is 3. The van der Waals surface area contributed by atoms with Crippen molar-refractivity contribution in [3.63, 3.8) is 0 Å². The summed E-state index contributed by atoms with van der Waals surface area (Å²) in [6.07, 6.45) is 2.42. The Kier molecular flexibility index (Phi) is 5.06. The van der Waals surface area contributed by atoms with Crippen LogP contribution in [0.4, 0.5) is 4.39 Å². The average molecular weight is 380 g/mol. The van der Waals surface area contributed by atoms with Crippen molar-refractivity contribution in [3.05, 3.63) is 53.8 Å². The number of carbonyl (C=O) groups is 2. The normalized spacial score (nSPS) is 13.8. The summed E-state index contributed by atoms with van der Waals surface area (Å²) >= 11 is 0. The van der Waals surface area contributed by atoms with Gasteiger partial charge in [0.1, 0.15) is 5.82 Å². The van der Waals surface area contributed by atoms with Gasteiger partial charge in [-0.15, -0.1) is 0 Å². The number of aromatic amines is 1. The van der Waals surface area contributed by atoms with Crippen molar-refractivity contribution in [1.82, 2.24) is 20.4 Å². The largest absolute Gasteiger partial charge is 0.352 e. The molecule has 0 spiro atoms. The Balaban J connectivity index is 1.46. The molecule has 0 aliphatic carbocycles. The van der Waals surface area contributed by atoms with E-state index in [9.17, 15) is 14.0 Å². The molecule has 0 bridgehead atoms. The highest BCUT2D eigenvalue weighted by Gasteiger charge is 2.18. The Bertz CT molecular complexity index is 1010. The zero-order chi connectivity index (χ0) is 19.5. The molecule has 2 N–H and O–H groups in total. The molecule has 1 saturated heterocycles. The highest BCUT2D eigenvalue weighted by molar-refractivity contribution is 6.01. The van der Waals surface area contributed by atoms with Crippen LogP contribution in [0.3, 0.4) is 0 Å². The van der Waals surface area contributed by atoms with Crippen LogP contribution in [0.1, 0.15) is 29.6 Å². The minimum Gasteiger partial charge on any atom is -0.352 e. The van der Waals surface area contributed by atoms with Crippen molar-refractivity contribution >= 4 is 22.7 Å². The molecule has 1 fully saturated rings. The van der Waals surface area contributed by atoms with Gasteiger partial charge >= 0.3 is 0 Å². The van der Waals surface area contributed by atoms with Crippen molar-refractivity contribution < 1.29 is 14.0 Å². The molecule has 144 valence electrons. The zero-order valence-electron chi connectivity index (χ0n) is 15.4. The number of halogens is 1. The van der Waals surface area contributed by atoms with E-state index in [0.29, 0.717) is 24.2 Å². The predicted octanol–water partition coefficient (Wildman–Crippen LogP) is 3.11. The van der Waals surface area contributed by atoms with Crippen LogP contribution in [0.15, 0.2) is 42.5 Å². The molecule has 28 heavy (non-hydrogen) atoms. The van der Waals surface area contributed by atoms with Gasteiger partial charge < -0.3 is 10.2 Å². The Morgan fingerprint density at radius 1 is 1.11 bits per heavy atom. The second kappa shape index (κ2) is 7.80. The van der Waals surface area contributed by atoms with E-state index in [1.165, 1.54) is 12.1 Å². The third-order valence-corrected chi connectivity index (χ3v) is 5.03.